The Morgan fingerprint density at radius 3 is 2.65 bits per heavy atom. The number of nitrogens with zero attached hydrogens (tertiary/aromatic N) is 3. The van der Waals surface area contributed by atoms with E-state index in [1.807, 2.05) is 17.5 Å². The van der Waals surface area contributed by atoms with Gasteiger partial charge >= 0.3 is 0 Å². The van der Waals surface area contributed by atoms with Gasteiger partial charge in [-0.2, -0.15) is 0 Å². The zero-order valence-corrected chi connectivity index (χ0v) is 18.5. The first-order valence-electron chi connectivity index (χ1n) is 10.2. The molecule has 0 unspecified atom stereocenters. The quantitative estimate of drug-likeness (QED) is 0.500. The molecule has 2 aromatic carbocycles. The van der Waals surface area contributed by atoms with Gasteiger partial charge in [0.15, 0.2) is 5.13 Å². The zero-order chi connectivity index (χ0) is 21.6. The number of carbonyl (C=O) groups is 1. The summed E-state index contributed by atoms with van der Waals surface area (Å²) in [6.07, 6.45) is 0.760. The summed E-state index contributed by atoms with van der Waals surface area (Å²) in [7, 11) is 0. The molecule has 1 aliphatic rings. The maximum Gasteiger partial charge on any atom is 0.263 e. The number of carbonyl (C=O) groups excluding carboxylic acids is 1. The molecule has 4 rings (SSSR count). The number of aromatic nitrogens is 1. The van der Waals surface area contributed by atoms with Gasteiger partial charge in [-0.1, -0.05) is 35.9 Å². The Labute approximate surface area is 190 Å². The molecule has 0 radical (unpaired) electrons. The summed E-state index contributed by atoms with van der Waals surface area (Å²) < 4.78 is 19.7. The lowest BCUT2D eigenvalue weighted by Gasteiger charge is -2.27. The van der Waals surface area contributed by atoms with Gasteiger partial charge in [0.1, 0.15) is 5.82 Å². The fourth-order valence-corrected chi connectivity index (χ4v) is 4.47. The average Bonchev–Trinajstić information content (AvgIpc) is 3.28. The second-order valence-corrected chi connectivity index (χ2v) is 8.54. The first-order valence-corrected chi connectivity index (χ1v) is 11.5. The standard InChI is InChI=1S/C23H23ClFN3O2S/c24-18-8-6-17(7-9-18)21-16-31-23(26-21)28(11-3-10-27-12-14-30-15-13-27)22(29)19-4-1-2-5-20(19)25/h1-2,4-9,16H,3,10-15H2. The van der Waals surface area contributed by atoms with E-state index in [0.717, 1.165) is 50.5 Å². The van der Waals surface area contributed by atoms with Crippen molar-refractivity contribution in [3.05, 3.63) is 70.3 Å². The van der Waals surface area contributed by atoms with E-state index >= 15 is 0 Å². The third kappa shape index (κ3) is 5.49. The summed E-state index contributed by atoms with van der Waals surface area (Å²) in [4.78, 5) is 21.8. The van der Waals surface area contributed by atoms with Crippen LogP contribution in [0, 0.1) is 5.82 Å². The van der Waals surface area contributed by atoms with E-state index in [4.69, 9.17) is 16.3 Å². The van der Waals surface area contributed by atoms with Crippen molar-refractivity contribution in [1.82, 2.24) is 9.88 Å². The van der Waals surface area contributed by atoms with Crippen LogP contribution in [0.15, 0.2) is 53.9 Å². The lowest BCUT2D eigenvalue weighted by molar-refractivity contribution is 0.0376. The molecule has 3 aromatic rings. The number of anilines is 1. The first-order chi connectivity index (χ1) is 15.1. The summed E-state index contributed by atoms with van der Waals surface area (Å²) >= 11 is 7.36. The number of benzene rings is 2. The molecule has 1 aliphatic heterocycles. The molecule has 0 spiro atoms. The van der Waals surface area contributed by atoms with Crippen LogP contribution in [-0.4, -0.2) is 55.2 Å². The number of hydrogen-bond acceptors (Lipinski definition) is 5. The molecule has 1 aromatic heterocycles. The Morgan fingerprint density at radius 2 is 1.90 bits per heavy atom. The summed E-state index contributed by atoms with van der Waals surface area (Å²) in [6.45, 7) is 4.54. The number of morpholine rings is 1. The molecule has 0 aliphatic carbocycles. The van der Waals surface area contributed by atoms with E-state index in [2.05, 4.69) is 9.88 Å². The Hall–Kier alpha value is -2.32. The van der Waals surface area contributed by atoms with Gasteiger partial charge < -0.3 is 4.74 Å². The highest BCUT2D eigenvalue weighted by Crippen LogP contribution is 2.29. The molecular weight excluding hydrogens is 437 g/mol. The lowest BCUT2D eigenvalue weighted by Crippen LogP contribution is -2.39. The highest BCUT2D eigenvalue weighted by Gasteiger charge is 2.23. The molecule has 0 atom stereocenters. The zero-order valence-electron chi connectivity index (χ0n) is 17.0. The van der Waals surface area contributed by atoms with Gasteiger partial charge in [-0.3, -0.25) is 14.6 Å². The lowest BCUT2D eigenvalue weighted by atomic mass is 10.2. The molecular formula is C23H23ClFN3O2S. The van der Waals surface area contributed by atoms with Crippen molar-refractivity contribution in [3.8, 4) is 11.3 Å². The van der Waals surface area contributed by atoms with Crippen molar-refractivity contribution >= 4 is 34.0 Å². The van der Waals surface area contributed by atoms with Crippen molar-refractivity contribution < 1.29 is 13.9 Å². The van der Waals surface area contributed by atoms with E-state index in [-0.39, 0.29) is 11.5 Å². The van der Waals surface area contributed by atoms with Gasteiger partial charge in [0.25, 0.3) is 5.91 Å². The molecule has 0 bridgehead atoms. The number of halogens is 2. The van der Waals surface area contributed by atoms with Crippen LogP contribution in [-0.2, 0) is 4.74 Å². The maximum absolute atomic E-state index is 14.3. The first kappa shape index (κ1) is 21.9. The van der Waals surface area contributed by atoms with Gasteiger partial charge in [-0.05, 0) is 30.7 Å². The number of amides is 1. The molecule has 162 valence electrons. The summed E-state index contributed by atoms with van der Waals surface area (Å²) in [5.41, 5.74) is 1.73. The van der Waals surface area contributed by atoms with Gasteiger partial charge in [0.2, 0.25) is 0 Å². The summed E-state index contributed by atoms with van der Waals surface area (Å²) in [6, 6.07) is 13.5. The van der Waals surface area contributed by atoms with Crippen molar-refractivity contribution in [1.29, 1.82) is 0 Å². The van der Waals surface area contributed by atoms with E-state index < -0.39 is 5.82 Å². The number of hydrogen-bond donors (Lipinski definition) is 0. The number of thiazole rings is 1. The fraction of sp³-hybridized carbons (Fsp3) is 0.304. The second kappa shape index (κ2) is 10.3. The normalized spacial score (nSPS) is 14.5. The van der Waals surface area contributed by atoms with Crippen LogP contribution in [0.5, 0.6) is 0 Å². The summed E-state index contributed by atoms with van der Waals surface area (Å²) in [5, 5.41) is 3.11. The minimum Gasteiger partial charge on any atom is -0.379 e. The topological polar surface area (TPSA) is 45.7 Å². The molecule has 1 saturated heterocycles. The molecule has 1 amide bonds. The molecule has 2 heterocycles. The van der Waals surface area contributed by atoms with Crippen LogP contribution in [0.3, 0.4) is 0 Å². The van der Waals surface area contributed by atoms with Crippen molar-refractivity contribution in [2.24, 2.45) is 0 Å². The SMILES string of the molecule is O=C(c1ccccc1F)N(CCCN1CCOCC1)c1nc(-c2ccc(Cl)cc2)cs1. The Kier molecular flexibility index (Phi) is 7.29. The van der Waals surface area contributed by atoms with Gasteiger partial charge in [0, 0.05) is 42.1 Å². The minimum atomic E-state index is -0.528. The van der Waals surface area contributed by atoms with E-state index in [1.54, 1.807) is 29.2 Å². The highest BCUT2D eigenvalue weighted by atomic mass is 35.5. The van der Waals surface area contributed by atoms with Crippen LogP contribution < -0.4 is 4.90 Å². The molecule has 8 heteroatoms. The van der Waals surface area contributed by atoms with Gasteiger partial charge in [0.05, 0.1) is 24.5 Å². The predicted octanol–water partition coefficient (Wildman–Crippen LogP) is 4.97. The van der Waals surface area contributed by atoms with Gasteiger partial charge in [-0.25, -0.2) is 9.37 Å². The van der Waals surface area contributed by atoms with Crippen LogP contribution in [0.1, 0.15) is 16.8 Å². The van der Waals surface area contributed by atoms with E-state index in [0.29, 0.717) is 16.7 Å². The number of rotatable bonds is 7. The maximum atomic E-state index is 14.3. The number of ether oxygens (including phenoxy) is 1. The third-order valence-corrected chi connectivity index (χ3v) is 6.29. The molecule has 0 saturated carbocycles. The fourth-order valence-electron chi connectivity index (χ4n) is 3.48. The van der Waals surface area contributed by atoms with Crippen molar-refractivity contribution in [3.63, 3.8) is 0 Å². The van der Waals surface area contributed by atoms with E-state index in [1.165, 1.54) is 23.5 Å². The van der Waals surface area contributed by atoms with Crippen molar-refractivity contribution in [2.45, 2.75) is 6.42 Å². The molecule has 1 fully saturated rings. The summed E-state index contributed by atoms with van der Waals surface area (Å²) in [5.74, 6) is -0.905. The Balaban J connectivity index is 1.55. The van der Waals surface area contributed by atoms with Crippen LogP contribution >= 0.6 is 22.9 Å². The van der Waals surface area contributed by atoms with Crippen LogP contribution in [0.4, 0.5) is 9.52 Å². The largest absolute Gasteiger partial charge is 0.379 e. The van der Waals surface area contributed by atoms with Gasteiger partial charge in [-0.15, -0.1) is 11.3 Å². The predicted molar refractivity (Wildman–Crippen MR) is 123 cm³/mol. The highest BCUT2D eigenvalue weighted by molar-refractivity contribution is 7.14. The third-order valence-electron chi connectivity index (χ3n) is 5.17. The Bertz CT molecular complexity index is 1020. The smallest absolute Gasteiger partial charge is 0.263 e. The Morgan fingerprint density at radius 1 is 1.16 bits per heavy atom. The van der Waals surface area contributed by atoms with Crippen LogP contribution in [0.2, 0.25) is 5.02 Å². The molecule has 5 nitrogen and oxygen atoms in total. The van der Waals surface area contributed by atoms with Crippen LogP contribution in [0.25, 0.3) is 11.3 Å². The monoisotopic (exact) mass is 459 g/mol. The van der Waals surface area contributed by atoms with E-state index in [9.17, 15) is 9.18 Å². The second-order valence-electron chi connectivity index (χ2n) is 7.27. The molecule has 0 N–H and O–H groups in total. The molecule has 31 heavy (non-hydrogen) atoms. The minimum absolute atomic E-state index is 0.0529. The average molecular weight is 460 g/mol. The van der Waals surface area contributed by atoms with Crippen molar-refractivity contribution in [2.75, 3.05) is 44.3 Å².